The molecule has 45 heavy (non-hydrogen) atoms. The highest BCUT2D eigenvalue weighted by Gasteiger charge is 2.34. The SMILES string of the molecule is COCCNCc1ccc(-c2cc3nccc(Oc4ccc(CC(=O)N5CCN(c6ccc(F)cc6)C5=O)cc4F)c3s2)cc1. The Bertz CT molecular complexity index is 1830. The number of carbonyl (C=O) groups is 2. The molecule has 1 saturated heterocycles. The van der Waals surface area contributed by atoms with Crippen LogP contribution in [0.4, 0.5) is 19.3 Å². The number of benzene rings is 3. The molecule has 1 aliphatic heterocycles. The number of nitrogens with zero attached hydrogens (tertiary/aromatic N) is 3. The fourth-order valence-electron chi connectivity index (χ4n) is 5.09. The number of amides is 3. The molecule has 11 heteroatoms. The maximum Gasteiger partial charge on any atom is 0.331 e. The summed E-state index contributed by atoms with van der Waals surface area (Å²) < 4.78 is 40.3. The summed E-state index contributed by atoms with van der Waals surface area (Å²) in [6, 6.07) is 21.3. The van der Waals surface area contributed by atoms with Gasteiger partial charge in [0.1, 0.15) is 11.6 Å². The second kappa shape index (κ2) is 13.5. The zero-order chi connectivity index (χ0) is 31.3. The van der Waals surface area contributed by atoms with Gasteiger partial charge < -0.3 is 14.8 Å². The zero-order valence-electron chi connectivity index (χ0n) is 24.5. The number of thiophene rings is 1. The Hall–Kier alpha value is -4.71. The van der Waals surface area contributed by atoms with Crippen molar-refractivity contribution in [3.05, 3.63) is 108 Å². The smallest absolute Gasteiger partial charge is 0.331 e. The highest BCUT2D eigenvalue weighted by molar-refractivity contribution is 7.22. The van der Waals surface area contributed by atoms with Gasteiger partial charge in [0, 0.05) is 56.1 Å². The van der Waals surface area contributed by atoms with Crippen molar-refractivity contribution in [2.24, 2.45) is 0 Å². The monoisotopic (exact) mass is 628 g/mol. The van der Waals surface area contributed by atoms with Crippen LogP contribution in [0.1, 0.15) is 11.1 Å². The van der Waals surface area contributed by atoms with E-state index in [1.807, 2.05) is 6.07 Å². The van der Waals surface area contributed by atoms with Crippen LogP contribution in [-0.2, 0) is 22.5 Å². The molecule has 1 aliphatic rings. The summed E-state index contributed by atoms with van der Waals surface area (Å²) in [7, 11) is 1.68. The highest BCUT2D eigenvalue weighted by atomic mass is 32.1. The molecule has 2 aromatic heterocycles. The molecule has 5 aromatic rings. The average Bonchev–Trinajstić information content (AvgIpc) is 3.66. The van der Waals surface area contributed by atoms with Gasteiger partial charge in [-0.25, -0.2) is 13.6 Å². The topological polar surface area (TPSA) is 84.0 Å². The molecule has 0 unspecified atom stereocenters. The summed E-state index contributed by atoms with van der Waals surface area (Å²) in [4.78, 5) is 33.8. The normalized spacial score (nSPS) is 13.2. The van der Waals surface area contributed by atoms with Gasteiger partial charge in [0.15, 0.2) is 11.6 Å². The molecule has 6 rings (SSSR count). The Morgan fingerprint density at radius 2 is 1.73 bits per heavy atom. The molecule has 0 aliphatic carbocycles. The number of fused-ring (bicyclic) bond motifs is 1. The van der Waals surface area contributed by atoms with Crippen molar-refractivity contribution in [1.29, 1.82) is 0 Å². The number of ether oxygens (including phenoxy) is 2. The first kappa shape index (κ1) is 30.3. The zero-order valence-corrected chi connectivity index (χ0v) is 25.3. The van der Waals surface area contributed by atoms with Gasteiger partial charge in [0.05, 0.1) is 23.2 Å². The third kappa shape index (κ3) is 6.85. The number of anilines is 1. The Labute approximate surface area is 262 Å². The maximum absolute atomic E-state index is 15.2. The number of carbonyl (C=O) groups excluding carboxylic acids is 2. The maximum atomic E-state index is 15.2. The van der Waals surface area contributed by atoms with Crippen LogP contribution in [0.3, 0.4) is 0 Å². The van der Waals surface area contributed by atoms with E-state index in [9.17, 15) is 14.0 Å². The average molecular weight is 629 g/mol. The van der Waals surface area contributed by atoms with E-state index < -0.39 is 23.6 Å². The molecular weight excluding hydrogens is 598 g/mol. The number of pyridine rings is 1. The molecule has 8 nitrogen and oxygen atoms in total. The minimum absolute atomic E-state index is 0.0127. The van der Waals surface area contributed by atoms with Crippen molar-refractivity contribution < 1.29 is 27.8 Å². The van der Waals surface area contributed by atoms with Crippen LogP contribution in [0.5, 0.6) is 11.5 Å². The highest BCUT2D eigenvalue weighted by Crippen LogP contribution is 2.39. The summed E-state index contributed by atoms with van der Waals surface area (Å²) in [5.74, 6) is -1.00. The molecule has 3 aromatic carbocycles. The predicted octanol–water partition coefficient (Wildman–Crippen LogP) is 6.78. The molecule has 0 bridgehead atoms. The molecule has 0 saturated carbocycles. The second-order valence-electron chi connectivity index (χ2n) is 10.5. The van der Waals surface area contributed by atoms with Crippen molar-refractivity contribution in [1.82, 2.24) is 15.2 Å². The van der Waals surface area contributed by atoms with Crippen molar-refractivity contribution in [2.45, 2.75) is 13.0 Å². The lowest BCUT2D eigenvalue weighted by Gasteiger charge is -2.17. The van der Waals surface area contributed by atoms with Crippen LogP contribution in [0, 0.1) is 11.6 Å². The number of imide groups is 1. The van der Waals surface area contributed by atoms with Crippen LogP contribution in [-0.4, -0.2) is 55.2 Å². The van der Waals surface area contributed by atoms with E-state index in [4.69, 9.17) is 9.47 Å². The number of aromatic nitrogens is 1. The Morgan fingerprint density at radius 1 is 0.956 bits per heavy atom. The third-order valence-electron chi connectivity index (χ3n) is 7.45. The van der Waals surface area contributed by atoms with Gasteiger partial charge in [0.2, 0.25) is 5.91 Å². The lowest BCUT2D eigenvalue weighted by Crippen LogP contribution is -2.37. The summed E-state index contributed by atoms with van der Waals surface area (Å²) >= 11 is 1.51. The van der Waals surface area contributed by atoms with Gasteiger partial charge in [0.25, 0.3) is 0 Å². The number of urea groups is 1. The molecule has 0 atom stereocenters. The van der Waals surface area contributed by atoms with Crippen molar-refractivity contribution in [3.63, 3.8) is 0 Å². The van der Waals surface area contributed by atoms with Crippen molar-refractivity contribution >= 4 is 39.2 Å². The molecule has 230 valence electrons. The first-order valence-electron chi connectivity index (χ1n) is 14.4. The van der Waals surface area contributed by atoms with E-state index in [-0.39, 0.29) is 18.7 Å². The van der Waals surface area contributed by atoms with Gasteiger partial charge in [-0.2, -0.15) is 0 Å². The van der Waals surface area contributed by atoms with E-state index in [0.29, 0.717) is 30.2 Å². The van der Waals surface area contributed by atoms with Crippen LogP contribution in [0.25, 0.3) is 20.7 Å². The summed E-state index contributed by atoms with van der Waals surface area (Å²) in [6.07, 6.45) is 1.46. The molecule has 0 radical (unpaired) electrons. The van der Waals surface area contributed by atoms with Gasteiger partial charge >= 0.3 is 6.03 Å². The number of nitrogens with one attached hydrogen (secondary N) is 1. The van der Waals surface area contributed by atoms with E-state index in [1.54, 1.807) is 25.4 Å². The fourth-order valence-corrected chi connectivity index (χ4v) is 6.16. The molecule has 0 spiro atoms. The standard InChI is InChI=1S/C34H30F2N4O4S/c1-43-17-14-37-21-22-2-5-24(6-3-22)31-20-28-33(45-31)30(12-13-38-28)44-29-11-4-23(18-27(29)36)19-32(41)40-16-15-39(34(40)42)26-9-7-25(35)8-10-26/h2-13,18,20,37H,14-17,19,21H2,1H3. The molecule has 1 fully saturated rings. The van der Waals surface area contributed by atoms with Crippen molar-refractivity contribution in [3.8, 4) is 21.9 Å². The number of hydrogen-bond donors (Lipinski definition) is 1. The number of rotatable bonds is 11. The minimum Gasteiger partial charge on any atom is -0.453 e. The summed E-state index contributed by atoms with van der Waals surface area (Å²) in [5.41, 5.74) is 3.87. The number of methoxy groups -OCH3 is 1. The Balaban J connectivity index is 1.11. The van der Waals surface area contributed by atoms with Crippen LogP contribution in [0.15, 0.2) is 85.1 Å². The summed E-state index contributed by atoms with van der Waals surface area (Å²) in [5, 5.41) is 3.33. The molecule has 3 amide bonds. The second-order valence-corrected chi connectivity index (χ2v) is 11.6. The number of halogens is 2. The molecule has 3 heterocycles. The first-order chi connectivity index (χ1) is 21.9. The minimum atomic E-state index is -0.627. The Morgan fingerprint density at radius 3 is 2.49 bits per heavy atom. The molecule has 1 N–H and O–H groups in total. The van der Waals surface area contributed by atoms with E-state index in [1.165, 1.54) is 52.6 Å². The van der Waals surface area contributed by atoms with Crippen LogP contribution < -0.4 is 15.0 Å². The Kier molecular flexibility index (Phi) is 9.11. The largest absolute Gasteiger partial charge is 0.453 e. The third-order valence-corrected chi connectivity index (χ3v) is 8.63. The fraction of sp³-hybridized carbons (Fsp3) is 0.206. The lowest BCUT2D eigenvalue weighted by atomic mass is 10.1. The van der Waals surface area contributed by atoms with Crippen molar-refractivity contribution in [2.75, 3.05) is 38.3 Å². The van der Waals surface area contributed by atoms with Gasteiger partial charge in [-0.3, -0.25) is 19.6 Å². The lowest BCUT2D eigenvalue weighted by molar-refractivity contribution is -0.126. The van der Waals surface area contributed by atoms with Crippen LogP contribution in [0.2, 0.25) is 0 Å². The van der Waals surface area contributed by atoms with Crippen LogP contribution >= 0.6 is 11.3 Å². The van der Waals surface area contributed by atoms with E-state index in [0.717, 1.165) is 44.2 Å². The van der Waals surface area contributed by atoms with Gasteiger partial charge in [-0.1, -0.05) is 30.3 Å². The van der Waals surface area contributed by atoms with E-state index in [2.05, 4.69) is 34.6 Å². The van der Waals surface area contributed by atoms with E-state index >= 15 is 4.39 Å². The number of hydrogen-bond acceptors (Lipinski definition) is 7. The summed E-state index contributed by atoms with van der Waals surface area (Å²) in [6.45, 7) is 2.67. The quantitative estimate of drug-likeness (QED) is 0.162. The predicted molar refractivity (Wildman–Crippen MR) is 170 cm³/mol. The van der Waals surface area contributed by atoms with Gasteiger partial charge in [-0.15, -0.1) is 11.3 Å². The molecular formula is C34H30F2N4O4S. The van der Waals surface area contributed by atoms with Gasteiger partial charge in [-0.05, 0) is 59.2 Å². The first-order valence-corrected chi connectivity index (χ1v) is 15.2.